The van der Waals surface area contributed by atoms with Crippen molar-refractivity contribution in [3.05, 3.63) is 71.8 Å². The number of piperidine rings is 1. The summed E-state index contributed by atoms with van der Waals surface area (Å²) < 4.78 is 5.49. The predicted octanol–water partition coefficient (Wildman–Crippen LogP) is 3.48. The molecule has 0 aromatic heterocycles. The van der Waals surface area contributed by atoms with Crippen molar-refractivity contribution in [3.8, 4) is 0 Å². The molecule has 1 N–H and O–H groups in total. The summed E-state index contributed by atoms with van der Waals surface area (Å²) in [5.41, 5.74) is 4.49. The molecule has 2 aliphatic heterocycles. The Kier molecular flexibility index (Phi) is 6.33. The molecule has 2 saturated heterocycles. The fourth-order valence-corrected chi connectivity index (χ4v) is 4.37. The molecule has 2 heterocycles. The summed E-state index contributed by atoms with van der Waals surface area (Å²) in [5.74, 6) is 0.0351. The van der Waals surface area contributed by atoms with Crippen LogP contribution in [0.15, 0.2) is 60.7 Å². The number of benzene rings is 2. The van der Waals surface area contributed by atoms with Crippen LogP contribution in [0.25, 0.3) is 0 Å². The quantitative estimate of drug-likeness (QED) is 0.824. The highest BCUT2D eigenvalue weighted by Crippen LogP contribution is 2.36. The van der Waals surface area contributed by atoms with E-state index >= 15 is 0 Å². The molecule has 0 unspecified atom stereocenters. The Balaban J connectivity index is 1.42. The number of nitrogens with one attached hydrogen (secondary N) is 1. The second-order valence-electron chi connectivity index (χ2n) is 8.11. The third kappa shape index (κ3) is 4.49. The van der Waals surface area contributed by atoms with Gasteiger partial charge < -0.3 is 9.64 Å². The monoisotopic (exact) mass is 407 g/mol. The first-order valence-corrected chi connectivity index (χ1v) is 10.7. The molecule has 0 radical (unpaired) electrons. The molecule has 0 aliphatic carbocycles. The molecule has 2 amide bonds. The van der Waals surface area contributed by atoms with E-state index in [-0.39, 0.29) is 18.6 Å². The van der Waals surface area contributed by atoms with Crippen molar-refractivity contribution < 1.29 is 14.3 Å². The lowest BCUT2D eigenvalue weighted by molar-refractivity contribution is -0.133. The Bertz CT molecular complexity index is 843. The fraction of sp³-hybridized carbons (Fsp3) is 0.417. The first-order chi connectivity index (χ1) is 14.7. The van der Waals surface area contributed by atoms with E-state index < -0.39 is 5.41 Å². The summed E-state index contributed by atoms with van der Waals surface area (Å²) in [5, 5.41) is 2.02. The fourth-order valence-electron chi connectivity index (χ4n) is 4.37. The van der Waals surface area contributed by atoms with Gasteiger partial charge in [0.05, 0.1) is 5.41 Å². The summed E-state index contributed by atoms with van der Waals surface area (Å²) in [6.07, 6.45) is 3.06. The van der Waals surface area contributed by atoms with E-state index in [9.17, 15) is 9.59 Å². The minimum Gasteiger partial charge on any atom is -0.445 e. The molecule has 2 fully saturated rings. The topological polar surface area (TPSA) is 61.9 Å². The Morgan fingerprint density at radius 2 is 1.47 bits per heavy atom. The first kappa shape index (κ1) is 20.4. The van der Waals surface area contributed by atoms with Crippen LogP contribution in [0.4, 0.5) is 4.79 Å². The summed E-state index contributed by atoms with van der Waals surface area (Å²) in [7, 11) is 0. The van der Waals surface area contributed by atoms with E-state index in [2.05, 4.69) is 5.43 Å². The Morgan fingerprint density at radius 1 is 0.867 bits per heavy atom. The van der Waals surface area contributed by atoms with E-state index in [0.29, 0.717) is 25.9 Å². The molecule has 6 heteroatoms. The van der Waals surface area contributed by atoms with Crippen LogP contribution in [0.2, 0.25) is 0 Å². The lowest BCUT2D eigenvalue weighted by atomic mass is 9.72. The maximum absolute atomic E-state index is 13.4. The molecule has 6 nitrogen and oxygen atoms in total. The van der Waals surface area contributed by atoms with Gasteiger partial charge in [-0.2, -0.15) is 0 Å². The predicted molar refractivity (Wildman–Crippen MR) is 115 cm³/mol. The van der Waals surface area contributed by atoms with Gasteiger partial charge in [0.2, 0.25) is 5.91 Å². The number of nitrogens with zero attached hydrogens (tertiary/aromatic N) is 2. The maximum atomic E-state index is 13.4. The molecule has 2 aromatic carbocycles. The molecule has 0 atom stereocenters. The van der Waals surface area contributed by atoms with Crippen LogP contribution in [0, 0.1) is 0 Å². The molecule has 2 aromatic rings. The number of hydrazine groups is 1. The third-order valence-electron chi connectivity index (χ3n) is 6.21. The number of hydrogen-bond acceptors (Lipinski definition) is 4. The van der Waals surface area contributed by atoms with Gasteiger partial charge in [-0.25, -0.2) is 9.80 Å². The highest BCUT2D eigenvalue weighted by molar-refractivity contribution is 5.88. The second-order valence-corrected chi connectivity index (χ2v) is 8.11. The molecule has 0 bridgehead atoms. The summed E-state index contributed by atoms with van der Waals surface area (Å²) in [6.45, 7) is 3.05. The van der Waals surface area contributed by atoms with Crippen LogP contribution in [-0.2, 0) is 21.6 Å². The van der Waals surface area contributed by atoms with Crippen LogP contribution < -0.4 is 5.43 Å². The number of rotatable bonds is 5. The van der Waals surface area contributed by atoms with Crippen molar-refractivity contribution in [2.45, 2.75) is 37.7 Å². The van der Waals surface area contributed by atoms with Gasteiger partial charge in [-0.1, -0.05) is 60.7 Å². The number of likely N-dealkylation sites (tertiary alicyclic amines) is 1. The van der Waals surface area contributed by atoms with Crippen LogP contribution in [-0.4, -0.2) is 48.1 Å². The third-order valence-corrected chi connectivity index (χ3v) is 6.21. The van der Waals surface area contributed by atoms with Crippen LogP contribution in [0.5, 0.6) is 0 Å². The maximum Gasteiger partial charge on any atom is 0.410 e. The zero-order valence-electron chi connectivity index (χ0n) is 17.3. The Labute approximate surface area is 177 Å². The normalized spacial score (nSPS) is 18.7. The molecule has 30 heavy (non-hydrogen) atoms. The smallest absolute Gasteiger partial charge is 0.410 e. The van der Waals surface area contributed by atoms with Crippen molar-refractivity contribution in [1.82, 2.24) is 15.3 Å². The van der Waals surface area contributed by atoms with E-state index in [1.807, 2.05) is 65.7 Å². The van der Waals surface area contributed by atoms with Gasteiger partial charge in [-0.15, -0.1) is 0 Å². The van der Waals surface area contributed by atoms with Crippen molar-refractivity contribution in [2.75, 3.05) is 26.2 Å². The van der Waals surface area contributed by atoms with Crippen molar-refractivity contribution in [3.63, 3.8) is 0 Å². The zero-order chi connectivity index (χ0) is 20.8. The molecule has 158 valence electrons. The average molecular weight is 408 g/mol. The van der Waals surface area contributed by atoms with Gasteiger partial charge in [-0.05, 0) is 36.8 Å². The lowest BCUT2D eigenvalue weighted by Gasteiger charge is -2.41. The SMILES string of the molecule is O=C(OCc1ccccc1)N1CCC(C(=O)NN2CCCC2)(c2ccccc2)CC1. The van der Waals surface area contributed by atoms with Crippen molar-refractivity contribution >= 4 is 12.0 Å². The molecule has 0 saturated carbocycles. The number of amides is 2. The van der Waals surface area contributed by atoms with E-state index in [1.165, 1.54) is 0 Å². The average Bonchev–Trinajstić information content (AvgIpc) is 3.32. The van der Waals surface area contributed by atoms with E-state index in [0.717, 1.165) is 37.1 Å². The van der Waals surface area contributed by atoms with Crippen molar-refractivity contribution in [2.24, 2.45) is 0 Å². The van der Waals surface area contributed by atoms with Gasteiger partial charge in [0.25, 0.3) is 0 Å². The number of hydrogen-bond donors (Lipinski definition) is 1. The second kappa shape index (κ2) is 9.30. The van der Waals surface area contributed by atoms with Crippen molar-refractivity contribution in [1.29, 1.82) is 0 Å². The number of carbonyl (C=O) groups is 2. The molecular weight excluding hydrogens is 378 g/mol. The summed E-state index contributed by atoms with van der Waals surface area (Å²) in [6, 6.07) is 19.6. The molecule has 4 rings (SSSR count). The van der Waals surface area contributed by atoms with Gasteiger partial charge in [0.15, 0.2) is 0 Å². The Hall–Kier alpha value is -2.86. The molecule has 2 aliphatic rings. The standard InChI is InChI=1S/C24H29N3O3/c28-22(25-27-15-7-8-16-27)24(21-11-5-2-6-12-21)13-17-26(18-14-24)23(29)30-19-20-9-3-1-4-10-20/h1-6,9-12H,7-8,13-19H2,(H,25,28). The lowest BCUT2D eigenvalue weighted by Crippen LogP contribution is -2.56. The molecule has 0 spiro atoms. The van der Waals surface area contributed by atoms with Gasteiger partial charge in [0, 0.05) is 26.2 Å². The first-order valence-electron chi connectivity index (χ1n) is 10.7. The highest BCUT2D eigenvalue weighted by atomic mass is 16.6. The van der Waals surface area contributed by atoms with Crippen LogP contribution >= 0.6 is 0 Å². The minimum atomic E-state index is -0.625. The summed E-state index contributed by atoms with van der Waals surface area (Å²) in [4.78, 5) is 27.7. The molecular formula is C24H29N3O3. The Morgan fingerprint density at radius 3 is 2.10 bits per heavy atom. The van der Waals surface area contributed by atoms with Crippen LogP contribution in [0.1, 0.15) is 36.8 Å². The largest absolute Gasteiger partial charge is 0.445 e. The summed E-state index contributed by atoms with van der Waals surface area (Å²) >= 11 is 0. The number of ether oxygens (including phenoxy) is 1. The van der Waals surface area contributed by atoms with Gasteiger partial charge in [0.1, 0.15) is 6.61 Å². The minimum absolute atomic E-state index is 0.0351. The highest BCUT2D eigenvalue weighted by Gasteiger charge is 2.44. The van der Waals surface area contributed by atoms with Gasteiger partial charge >= 0.3 is 6.09 Å². The zero-order valence-corrected chi connectivity index (χ0v) is 17.3. The van der Waals surface area contributed by atoms with Gasteiger partial charge in [-0.3, -0.25) is 10.2 Å². The van der Waals surface area contributed by atoms with Crippen LogP contribution in [0.3, 0.4) is 0 Å². The van der Waals surface area contributed by atoms with E-state index in [1.54, 1.807) is 4.90 Å². The number of carbonyl (C=O) groups excluding carboxylic acids is 2. The van der Waals surface area contributed by atoms with E-state index in [4.69, 9.17) is 4.74 Å².